The largest absolute Gasteiger partial charge is 0.369 e. The highest BCUT2D eigenvalue weighted by atomic mass is 16.1. The van der Waals surface area contributed by atoms with E-state index in [9.17, 15) is 4.79 Å². The van der Waals surface area contributed by atoms with Crippen molar-refractivity contribution in [2.75, 3.05) is 11.4 Å². The molecule has 1 aromatic heterocycles. The molecule has 0 fully saturated rings. The molecule has 3 rings (SSSR count). The van der Waals surface area contributed by atoms with Crippen molar-refractivity contribution in [3.05, 3.63) is 52.4 Å². The van der Waals surface area contributed by atoms with Gasteiger partial charge in [0.25, 0.3) is 0 Å². The Hall–Kier alpha value is -2.03. The van der Waals surface area contributed by atoms with Crippen LogP contribution in [0.2, 0.25) is 0 Å². The first-order valence-corrected chi connectivity index (χ1v) is 8.16. The third kappa shape index (κ3) is 2.68. The van der Waals surface area contributed by atoms with Gasteiger partial charge in [0.15, 0.2) is 0 Å². The molecule has 1 atom stereocenters. The number of aromatic nitrogens is 1. The predicted molar refractivity (Wildman–Crippen MR) is 92.5 cm³/mol. The summed E-state index contributed by atoms with van der Waals surface area (Å²) >= 11 is 0. The van der Waals surface area contributed by atoms with Gasteiger partial charge in [0, 0.05) is 37.6 Å². The highest BCUT2D eigenvalue weighted by molar-refractivity contribution is 5.69. The number of anilines is 1. The topological polar surface area (TPSA) is 25.2 Å². The monoisotopic (exact) mass is 296 g/mol. The lowest BCUT2D eigenvalue weighted by atomic mass is 9.95. The first kappa shape index (κ1) is 14.9. The van der Waals surface area contributed by atoms with Gasteiger partial charge in [0.05, 0.1) is 0 Å². The fourth-order valence-corrected chi connectivity index (χ4v) is 3.25. The molecule has 0 aliphatic carbocycles. The molecule has 22 heavy (non-hydrogen) atoms. The number of benzene rings is 1. The molecule has 0 N–H and O–H groups in total. The van der Waals surface area contributed by atoms with Crippen molar-refractivity contribution < 1.29 is 0 Å². The molecule has 2 heterocycles. The van der Waals surface area contributed by atoms with Crippen molar-refractivity contribution in [3.63, 3.8) is 0 Å². The molecule has 1 aromatic carbocycles. The Kier molecular flexibility index (Phi) is 4.06. The van der Waals surface area contributed by atoms with E-state index >= 15 is 0 Å². The second-order valence-corrected chi connectivity index (χ2v) is 6.26. The Morgan fingerprint density at radius 2 is 1.95 bits per heavy atom. The number of rotatable bonds is 3. The standard InChI is InChI=1S/C19H24N2O/c1-4-14(2)21-11-5-6-16-12-15(7-9-18(16)21)17-8-10-19(22)20(3)13-17/h7-10,12-14H,4-6,11H2,1-3H3. The summed E-state index contributed by atoms with van der Waals surface area (Å²) in [5.41, 5.74) is 5.14. The lowest BCUT2D eigenvalue weighted by Gasteiger charge is -2.36. The Morgan fingerprint density at radius 3 is 2.68 bits per heavy atom. The number of aryl methyl sites for hydroxylation is 2. The number of hydrogen-bond donors (Lipinski definition) is 0. The van der Waals surface area contributed by atoms with E-state index in [-0.39, 0.29) is 5.56 Å². The number of nitrogens with zero attached hydrogens (tertiary/aromatic N) is 2. The van der Waals surface area contributed by atoms with Gasteiger partial charge < -0.3 is 9.47 Å². The molecular weight excluding hydrogens is 272 g/mol. The molecular formula is C19H24N2O. The van der Waals surface area contributed by atoms with Crippen LogP contribution in [-0.4, -0.2) is 17.2 Å². The number of hydrogen-bond acceptors (Lipinski definition) is 2. The second-order valence-electron chi connectivity index (χ2n) is 6.26. The minimum absolute atomic E-state index is 0.0321. The molecule has 0 saturated carbocycles. The molecule has 2 aromatic rings. The van der Waals surface area contributed by atoms with E-state index in [4.69, 9.17) is 0 Å². The zero-order valence-electron chi connectivity index (χ0n) is 13.7. The summed E-state index contributed by atoms with van der Waals surface area (Å²) in [4.78, 5) is 14.1. The Balaban J connectivity index is 2.00. The third-order valence-corrected chi connectivity index (χ3v) is 4.78. The van der Waals surface area contributed by atoms with Crippen molar-refractivity contribution in [1.82, 2.24) is 4.57 Å². The summed E-state index contributed by atoms with van der Waals surface area (Å²) < 4.78 is 1.64. The van der Waals surface area contributed by atoms with Gasteiger partial charge in [-0.05, 0) is 61.1 Å². The van der Waals surface area contributed by atoms with Gasteiger partial charge in [-0.15, -0.1) is 0 Å². The summed E-state index contributed by atoms with van der Waals surface area (Å²) in [6, 6.07) is 10.9. The molecule has 0 amide bonds. The smallest absolute Gasteiger partial charge is 0.250 e. The fraction of sp³-hybridized carbons (Fsp3) is 0.421. The number of fused-ring (bicyclic) bond motifs is 1. The van der Waals surface area contributed by atoms with E-state index in [0.717, 1.165) is 18.5 Å². The molecule has 0 radical (unpaired) electrons. The third-order valence-electron chi connectivity index (χ3n) is 4.78. The molecule has 1 aliphatic rings. The van der Waals surface area contributed by atoms with Gasteiger partial charge in [-0.1, -0.05) is 13.0 Å². The van der Waals surface area contributed by atoms with Crippen molar-refractivity contribution in [3.8, 4) is 11.1 Å². The average molecular weight is 296 g/mol. The predicted octanol–water partition coefficient (Wildman–Crippen LogP) is 3.60. The Labute approximate surface area is 132 Å². The van der Waals surface area contributed by atoms with E-state index in [2.05, 4.69) is 36.9 Å². The minimum Gasteiger partial charge on any atom is -0.369 e. The SMILES string of the molecule is CCC(C)N1CCCc2cc(-c3ccc(=O)n(C)c3)ccc21. The van der Waals surface area contributed by atoms with E-state index in [0.29, 0.717) is 6.04 Å². The van der Waals surface area contributed by atoms with Gasteiger partial charge in [-0.3, -0.25) is 4.79 Å². The maximum absolute atomic E-state index is 11.5. The van der Waals surface area contributed by atoms with Crippen LogP contribution >= 0.6 is 0 Å². The normalized spacial score (nSPS) is 15.5. The van der Waals surface area contributed by atoms with Crippen molar-refractivity contribution >= 4 is 5.69 Å². The quantitative estimate of drug-likeness (QED) is 0.864. The summed E-state index contributed by atoms with van der Waals surface area (Å²) in [5, 5.41) is 0. The van der Waals surface area contributed by atoms with Gasteiger partial charge in [0.1, 0.15) is 0 Å². The lowest BCUT2D eigenvalue weighted by Crippen LogP contribution is -2.36. The van der Waals surface area contributed by atoms with Gasteiger partial charge in [0.2, 0.25) is 5.56 Å². The molecule has 3 heteroatoms. The minimum atomic E-state index is 0.0321. The maximum atomic E-state index is 11.5. The first-order valence-electron chi connectivity index (χ1n) is 8.16. The maximum Gasteiger partial charge on any atom is 0.250 e. The van der Waals surface area contributed by atoms with Crippen LogP contribution in [0.5, 0.6) is 0 Å². The van der Waals surface area contributed by atoms with Crippen LogP contribution in [0.1, 0.15) is 32.3 Å². The molecule has 0 spiro atoms. The number of pyridine rings is 1. The fourth-order valence-electron chi connectivity index (χ4n) is 3.25. The summed E-state index contributed by atoms with van der Waals surface area (Å²) in [5.74, 6) is 0. The molecule has 116 valence electrons. The van der Waals surface area contributed by atoms with Crippen molar-refractivity contribution in [2.24, 2.45) is 7.05 Å². The van der Waals surface area contributed by atoms with Crippen LogP contribution in [0.4, 0.5) is 5.69 Å². The molecule has 1 aliphatic heterocycles. The van der Waals surface area contributed by atoms with Crippen LogP contribution in [0, 0.1) is 0 Å². The van der Waals surface area contributed by atoms with Crippen molar-refractivity contribution in [2.45, 2.75) is 39.2 Å². The van der Waals surface area contributed by atoms with E-state index in [1.54, 1.807) is 17.7 Å². The Bertz CT molecular complexity index is 732. The van der Waals surface area contributed by atoms with E-state index in [1.807, 2.05) is 12.3 Å². The van der Waals surface area contributed by atoms with E-state index < -0.39 is 0 Å². The molecule has 3 nitrogen and oxygen atoms in total. The Morgan fingerprint density at radius 1 is 1.18 bits per heavy atom. The van der Waals surface area contributed by atoms with Crippen LogP contribution in [0.15, 0.2) is 41.3 Å². The van der Waals surface area contributed by atoms with Crippen LogP contribution in [0.25, 0.3) is 11.1 Å². The molecule has 0 bridgehead atoms. The summed E-state index contributed by atoms with van der Waals surface area (Å²) in [6.07, 6.45) is 5.44. The lowest BCUT2D eigenvalue weighted by molar-refractivity contribution is 0.580. The first-order chi connectivity index (χ1) is 10.6. The van der Waals surface area contributed by atoms with E-state index in [1.165, 1.54) is 29.7 Å². The molecule has 0 saturated heterocycles. The van der Waals surface area contributed by atoms with Crippen LogP contribution < -0.4 is 10.5 Å². The second kappa shape index (κ2) is 5.99. The van der Waals surface area contributed by atoms with Gasteiger partial charge in [-0.25, -0.2) is 0 Å². The van der Waals surface area contributed by atoms with Gasteiger partial charge in [-0.2, -0.15) is 0 Å². The van der Waals surface area contributed by atoms with Crippen molar-refractivity contribution in [1.29, 1.82) is 0 Å². The van der Waals surface area contributed by atoms with Gasteiger partial charge >= 0.3 is 0 Å². The van der Waals surface area contributed by atoms with Crippen LogP contribution in [-0.2, 0) is 13.5 Å². The summed E-state index contributed by atoms with van der Waals surface area (Å²) in [6.45, 7) is 5.70. The zero-order valence-corrected chi connectivity index (χ0v) is 13.7. The average Bonchev–Trinajstić information content (AvgIpc) is 2.55. The highest BCUT2D eigenvalue weighted by Crippen LogP contribution is 2.33. The molecule has 1 unspecified atom stereocenters. The highest BCUT2D eigenvalue weighted by Gasteiger charge is 2.20. The summed E-state index contributed by atoms with van der Waals surface area (Å²) in [7, 11) is 1.80. The van der Waals surface area contributed by atoms with Crippen LogP contribution in [0.3, 0.4) is 0 Å². The zero-order chi connectivity index (χ0) is 15.7.